The van der Waals surface area contributed by atoms with Crippen LogP contribution in [0.5, 0.6) is 0 Å². The van der Waals surface area contributed by atoms with Crippen LogP contribution in [0, 0.1) is 0 Å². The number of nitrogens with zero attached hydrogens (tertiary/aromatic N) is 1. The molecule has 43 heavy (non-hydrogen) atoms. The van der Waals surface area contributed by atoms with Crippen LogP contribution >= 0.6 is 0 Å². The van der Waals surface area contributed by atoms with Crippen LogP contribution in [0.25, 0.3) is 10.9 Å². The Kier molecular flexibility index (Phi) is 9.39. The molecule has 10 heteroatoms. The summed E-state index contributed by atoms with van der Waals surface area (Å²) < 4.78 is 36.3. The third-order valence-corrected chi connectivity index (χ3v) is 19.4. The lowest BCUT2D eigenvalue weighted by Crippen LogP contribution is -2.69. The Morgan fingerprint density at radius 2 is 1.47 bits per heavy atom. The molecule has 2 saturated heterocycles. The van der Waals surface area contributed by atoms with Gasteiger partial charge in [-0.15, -0.1) is 0 Å². The number of hydrogen-bond acceptors (Lipinski definition) is 7. The number of ether oxygens (including phenoxy) is 2. The highest BCUT2D eigenvalue weighted by molar-refractivity contribution is 6.84. The SMILES string of the molecule is CC(C)[Si]1(C(C)C)OC[C@H]2O[C@@H](n3ccc4ccccc43)[C@H](OC(=O)c3ccccc3)[C@@H](O)[C@@H]2O[Si](C(C)C)(C(C)C)O1. The molecule has 1 aromatic heterocycles. The fraction of sp³-hybridized carbons (Fsp3) is 0.545. The highest BCUT2D eigenvalue weighted by Gasteiger charge is 2.62. The predicted molar refractivity (Wildman–Crippen MR) is 171 cm³/mol. The monoisotopic (exact) mass is 625 g/mol. The van der Waals surface area contributed by atoms with Gasteiger partial charge in [0.25, 0.3) is 0 Å². The van der Waals surface area contributed by atoms with Crippen molar-refractivity contribution >= 4 is 34.0 Å². The van der Waals surface area contributed by atoms with Crippen molar-refractivity contribution in [1.82, 2.24) is 4.57 Å². The molecule has 3 aromatic rings. The fourth-order valence-electron chi connectivity index (χ4n) is 6.77. The normalized spacial score (nSPS) is 27.3. The molecule has 0 saturated carbocycles. The number of carbonyl (C=O) groups is 1. The van der Waals surface area contributed by atoms with E-state index >= 15 is 0 Å². The third-order valence-electron chi connectivity index (χ3n) is 9.12. The Morgan fingerprint density at radius 3 is 2.09 bits per heavy atom. The van der Waals surface area contributed by atoms with Crippen LogP contribution < -0.4 is 0 Å². The van der Waals surface area contributed by atoms with Gasteiger partial charge in [0.2, 0.25) is 0 Å². The lowest BCUT2D eigenvalue weighted by Gasteiger charge is -2.55. The molecule has 0 unspecified atom stereocenters. The summed E-state index contributed by atoms with van der Waals surface area (Å²) in [6.07, 6.45) is -2.55. The van der Waals surface area contributed by atoms with Crippen molar-refractivity contribution in [3.63, 3.8) is 0 Å². The van der Waals surface area contributed by atoms with Crippen LogP contribution in [-0.2, 0) is 22.4 Å². The van der Waals surface area contributed by atoms with Gasteiger partial charge < -0.3 is 32.1 Å². The smallest absolute Gasteiger partial charge is 0.338 e. The maximum atomic E-state index is 13.4. The van der Waals surface area contributed by atoms with Crippen molar-refractivity contribution in [3.05, 3.63) is 72.4 Å². The second-order valence-electron chi connectivity index (χ2n) is 13.1. The van der Waals surface area contributed by atoms with Gasteiger partial charge in [0.1, 0.15) is 18.3 Å². The number of rotatable bonds is 7. The molecule has 1 N–H and O–H groups in total. The van der Waals surface area contributed by atoms with E-state index in [-0.39, 0.29) is 28.8 Å². The average molecular weight is 626 g/mol. The van der Waals surface area contributed by atoms with E-state index in [2.05, 4.69) is 55.4 Å². The van der Waals surface area contributed by atoms with E-state index in [1.165, 1.54) is 0 Å². The van der Waals surface area contributed by atoms with Crippen LogP contribution in [0.3, 0.4) is 0 Å². The number of para-hydroxylation sites is 1. The summed E-state index contributed by atoms with van der Waals surface area (Å²) in [5.41, 5.74) is 1.81. The van der Waals surface area contributed by atoms with Crippen molar-refractivity contribution in [2.45, 2.75) is 108 Å². The Balaban J connectivity index is 1.61. The van der Waals surface area contributed by atoms with Crippen molar-refractivity contribution < 1.29 is 32.3 Å². The summed E-state index contributed by atoms with van der Waals surface area (Å²) in [6.45, 7) is 17.5. The molecule has 2 aliphatic rings. The van der Waals surface area contributed by atoms with E-state index in [0.717, 1.165) is 10.9 Å². The van der Waals surface area contributed by atoms with E-state index in [1.54, 1.807) is 24.3 Å². The zero-order valence-corrected chi connectivity index (χ0v) is 28.6. The molecule has 0 spiro atoms. The maximum absolute atomic E-state index is 13.4. The number of hydrogen-bond donors (Lipinski definition) is 1. The molecule has 0 radical (unpaired) electrons. The number of esters is 1. The van der Waals surface area contributed by atoms with Gasteiger partial charge in [0.15, 0.2) is 12.3 Å². The number of carbonyl (C=O) groups excluding carboxylic acids is 1. The highest BCUT2D eigenvalue weighted by atomic mass is 28.5. The lowest BCUT2D eigenvalue weighted by atomic mass is 9.97. The van der Waals surface area contributed by atoms with Gasteiger partial charge in [-0.25, -0.2) is 4.79 Å². The first-order chi connectivity index (χ1) is 20.4. The molecule has 0 amide bonds. The van der Waals surface area contributed by atoms with Crippen molar-refractivity contribution in [2.24, 2.45) is 0 Å². The molecule has 0 aliphatic carbocycles. The summed E-state index contributed by atoms with van der Waals surface area (Å²) in [6, 6.07) is 18.8. The second kappa shape index (κ2) is 12.6. The summed E-state index contributed by atoms with van der Waals surface area (Å²) >= 11 is 0. The first kappa shape index (κ1) is 32.1. The minimum absolute atomic E-state index is 0.0721. The van der Waals surface area contributed by atoms with Crippen molar-refractivity contribution in [1.29, 1.82) is 0 Å². The molecule has 8 nitrogen and oxygen atoms in total. The molecular formula is C33H47NO7Si2. The van der Waals surface area contributed by atoms with Crippen LogP contribution in [0.1, 0.15) is 72.0 Å². The summed E-state index contributed by atoms with van der Waals surface area (Å²) in [4.78, 5) is 13.4. The summed E-state index contributed by atoms with van der Waals surface area (Å²) in [5, 5.41) is 13.2. The first-order valence-corrected chi connectivity index (χ1v) is 19.5. The summed E-state index contributed by atoms with van der Waals surface area (Å²) in [5.74, 6) is -0.534. The van der Waals surface area contributed by atoms with Gasteiger partial charge in [0, 0.05) is 6.20 Å². The predicted octanol–water partition coefficient (Wildman–Crippen LogP) is 7.08. The van der Waals surface area contributed by atoms with Gasteiger partial charge in [-0.3, -0.25) is 0 Å². The summed E-state index contributed by atoms with van der Waals surface area (Å²) in [7, 11) is -5.86. The lowest BCUT2D eigenvalue weighted by molar-refractivity contribution is -0.250. The number of fused-ring (bicyclic) bond motifs is 2. The molecular weight excluding hydrogens is 579 g/mol. The van der Waals surface area contributed by atoms with Gasteiger partial charge in [-0.2, -0.15) is 0 Å². The Labute approximate surface area is 257 Å². The number of benzene rings is 2. The molecule has 234 valence electrons. The van der Waals surface area contributed by atoms with Crippen LogP contribution in [0.15, 0.2) is 66.9 Å². The molecule has 2 fully saturated rings. The van der Waals surface area contributed by atoms with E-state index in [4.69, 9.17) is 22.4 Å². The largest absolute Gasteiger partial charge is 0.451 e. The average Bonchev–Trinajstić information content (AvgIpc) is 3.39. The van der Waals surface area contributed by atoms with Crippen LogP contribution in [-0.4, -0.2) is 63.8 Å². The second-order valence-corrected chi connectivity index (χ2v) is 22.0. The Hall–Kier alpha value is -2.32. The topological polar surface area (TPSA) is 88.4 Å². The number of aromatic nitrogens is 1. The minimum Gasteiger partial charge on any atom is -0.451 e. The van der Waals surface area contributed by atoms with Gasteiger partial charge in [0.05, 0.1) is 17.7 Å². The van der Waals surface area contributed by atoms with E-state index < -0.39 is 53.7 Å². The quantitative estimate of drug-likeness (QED) is 0.222. The van der Waals surface area contributed by atoms with Crippen LogP contribution in [0.2, 0.25) is 22.2 Å². The van der Waals surface area contributed by atoms with Gasteiger partial charge >= 0.3 is 23.1 Å². The number of aliphatic hydroxyl groups is 1. The highest BCUT2D eigenvalue weighted by Crippen LogP contribution is 2.48. The molecule has 5 rings (SSSR count). The van der Waals surface area contributed by atoms with E-state index in [0.29, 0.717) is 5.56 Å². The molecule has 2 aromatic carbocycles. The van der Waals surface area contributed by atoms with Crippen molar-refractivity contribution in [3.8, 4) is 0 Å². The number of aliphatic hydroxyl groups excluding tert-OH is 1. The molecule has 5 atom stereocenters. The van der Waals surface area contributed by atoms with Gasteiger partial charge in [-0.1, -0.05) is 91.8 Å². The van der Waals surface area contributed by atoms with E-state index in [1.807, 2.05) is 47.2 Å². The fourth-order valence-corrected chi connectivity index (χ4v) is 18.0. The minimum atomic E-state index is -3.05. The Bertz CT molecular complexity index is 1380. The molecule has 2 aliphatic heterocycles. The zero-order chi connectivity index (χ0) is 31.1. The zero-order valence-electron chi connectivity index (χ0n) is 26.6. The standard InChI is InChI=1S/C33H47NO7Si2/c1-21(2)42(22(3)4)37-20-28-30(40-43(41-42,23(5)6)24(7)8)29(35)31(39-33(36)26-15-10-9-11-16-26)32(38-28)34-19-18-25-14-12-13-17-27(25)34/h9-19,21-24,28-32,35H,20H2,1-8H3/t28-,29+,30-,31-,32-/m1/s1. The first-order valence-electron chi connectivity index (χ1n) is 15.6. The Morgan fingerprint density at radius 1 is 0.860 bits per heavy atom. The van der Waals surface area contributed by atoms with Gasteiger partial charge in [-0.05, 0) is 51.8 Å². The molecule has 0 bridgehead atoms. The van der Waals surface area contributed by atoms with Crippen molar-refractivity contribution in [2.75, 3.05) is 6.61 Å². The third kappa shape index (κ3) is 5.79. The molecule has 3 heterocycles. The van der Waals surface area contributed by atoms with E-state index in [9.17, 15) is 9.90 Å². The maximum Gasteiger partial charge on any atom is 0.338 e. The van der Waals surface area contributed by atoms with Crippen LogP contribution in [0.4, 0.5) is 0 Å².